The molecule has 0 radical (unpaired) electrons. The summed E-state index contributed by atoms with van der Waals surface area (Å²) in [5.41, 5.74) is 0. The molecule has 0 nitrogen and oxygen atoms in total. The van der Waals surface area contributed by atoms with Gasteiger partial charge in [0, 0.05) is 15.5 Å². The molecular formula is C6H6S2. The highest BCUT2D eigenvalue weighted by atomic mass is 32.2. The molecule has 2 heterocycles. The summed E-state index contributed by atoms with van der Waals surface area (Å²) in [4.78, 5) is 3.12. The summed E-state index contributed by atoms with van der Waals surface area (Å²) in [6, 6.07) is 2.22. The molecule has 1 aliphatic rings. The Morgan fingerprint density at radius 1 is 1.50 bits per heavy atom. The Bertz CT molecular complexity index is 172. The van der Waals surface area contributed by atoms with Crippen LogP contribution in [0.15, 0.2) is 16.3 Å². The van der Waals surface area contributed by atoms with Gasteiger partial charge in [-0.3, -0.25) is 0 Å². The first-order chi connectivity index (χ1) is 3.97. The summed E-state index contributed by atoms with van der Waals surface area (Å²) in [6.07, 6.45) is 1.30. The van der Waals surface area contributed by atoms with E-state index in [2.05, 4.69) is 11.4 Å². The minimum Gasteiger partial charge on any atom is -0.148 e. The molecule has 2 heteroatoms. The van der Waals surface area contributed by atoms with Crippen molar-refractivity contribution in [1.29, 1.82) is 0 Å². The second-order valence-electron chi connectivity index (χ2n) is 1.81. The van der Waals surface area contributed by atoms with Gasteiger partial charge in [0.1, 0.15) is 0 Å². The van der Waals surface area contributed by atoms with Crippen molar-refractivity contribution < 1.29 is 0 Å². The van der Waals surface area contributed by atoms with Gasteiger partial charge in [-0.1, -0.05) is 0 Å². The molecule has 0 spiro atoms. The zero-order valence-corrected chi connectivity index (χ0v) is 6.02. The molecule has 0 unspecified atom stereocenters. The molecule has 0 fully saturated rings. The maximum Gasteiger partial charge on any atom is 0.0212 e. The lowest BCUT2D eigenvalue weighted by Crippen LogP contribution is -1.69. The summed E-state index contributed by atoms with van der Waals surface area (Å²) in [5.74, 6) is 1.31. The van der Waals surface area contributed by atoms with Gasteiger partial charge in [-0.15, -0.1) is 23.1 Å². The average Bonchev–Trinajstić information content (AvgIpc) is 2.15. The number of hydrogen-bond donors (Lipinski definition) is 0. The monoisotopic (exact) mass is 142 g/mol. The van der Waals surface area contributed by atoms with E-state index in [1.807, 2.05) is 23.1 Å². The van der Waals surface area contributed by atoms with E-state index < -0.39 is 0 Å². The maximum absolute atomic E-state index is 2.22. The van der Waals surface area contributed by atoms with Gasteiger partial charge >= 0.3 is 0 Å². The first kappa shape index (κ1) is 4.89. The summed E-state index contributed by atoms with van der Waals surface area (Å²) in [7, 11) is 0. The van der Waals surface area contributed by atoms with E-state index in [4.69, 9.17) is 0 Å². The summed E-state index contributed by atoms with van der Waals surface area (Å²) in [6.45, 7) is 0. The Morgan fingerprint density at radius 3 is 3.38 bits per heavy atom. The molecular weight excluding hydrogens is 136 g/mol. The van der Waals surface area contributed by atoms with Crippen LogP contribution < -0.4 is 0 Å². The predicted octanol–water partition coefficient (Wildman–Crippen LogP) is 2.40. The van der Waals surface area contributed by atoms with E-state index in [9.17, 15) is 0 Å². The molecule has 42 valence electrons. The quantitative estimate of drug-likeness (QED) is 0.536. The number of thioether (sulfide) groups is 1. The van der Waals surface area contributed by atoms with Crippen LogP contribution in [-0.4, -0.2) is 5.75 Å². The van der Waals surface area contributed by atoms with E-state index in [-0.39, 0.29) is 0 Å². The average molecular weight is 142 g/mol. The van der Waals surface area contributed by atoms with Gasteiger partial charge in [0.25, 0.3) is 0 Å². The normalized spacial score (nSPS) is 16.5. The summed E-state index contributed by atoms with van der Waals surface area (Å²) >= 11 is 3.88. The van der Waals surface area contributed by atoms with E-state index in [1.165, 1.54) is 17.1 Å². The van der Waals surface area contributed by atoms with Crippen LogP contribution in [0.1, 0.15) is 4.88 Å². The van der Waals surface area contributed by atoms with E-state index in [1.54, 1.807) is 4.88 Å². The van der Waals surface area contributed by atoms with Crippen molar-refractivity contribution in [2.75, 3.05) is 5.75 Å². The van der Waals surface area contributed by atoms with Gasteiger partial charge in [-0.25, -0.2) is 0 Å². The molecule has 1 aromatic rings. The second-order valence-corrected chi connectivity index (χ2v) is 3.94. The smallest absolute Gasteiger partial charge is 0.0212 e. The zero-order chi connectivity index (χ0) is 5.40. The molecule has 0 saturated heterocycles. The van der Waals surface area contributed by atoms with Crippen LogP contribution in [0.3, 0.4) is 0 Å². The molecule has 0 atom stereocenters. The molecule has 0 bridgehead atoms. The molecule has 8 heavy (non-hydrogen) atoms. The van der Waals surface area contributed by atoms with Crippen molar-refractivity contribution in [1.82, 2.24) is 0 Å². The fourth-order valence-electron chi connectivity index (χ4n) is 0.893. The molecule has 1 aromatic heterocycles. The Morgan fingerprint density at radius 2 is 2.50 bits per heavy atom. The van der Waals surface area contributed by atoms with Crippen LogP contribution in [-0.2, 0) is 6.42 Å². The van der Waals surface area contributed by atoms with Crippen molar-refractivity contribution in [2.24, 2.45) is 0 Å². The summed E-state index contributed by atoms with van der Waals surface area (Å²) < 4.78 is 0. The minimum absolute atomic E-state index is 1.30. The fourth-order valence-corrected chi connectivity index (χ4v) is 3.16. The van der Waals surface area contributed by atoms with Gasteiger partial charge < -0.3 is 0 Å². The fraction of sp³-hybridized carbons (Fsp3) is 0.333. The van der Waals surface area contributed by atoms with E-state index >= 15 is 0 Å². The first-order valence-electron chi connectivity index (χ1n) is 2.66. The van der Waals surface area contributed by atoms with Crippen LogP contribution >= 0.6 is 23.1 Å². The molecule has 0 amide bonds. The van der Waals surface area contributed by atoms with Crippen LogP contribution in [0.2, 0.25) is 0 Å². The van der Waals surface area contributed by atoms with E-state index in [0.717, 1.165) is 0 Å². The third kappa shape index (κ3) is 0.599. The molecule has 2 rings (SSSR count). The molecule has 1 aliphatic heterocycles. The van der Waals surface area contributed by atoms with Gasteiger partial charge in [-0.2, -0.15) is 0 Å². The number of fused-ring (bicyclic) bond motifs is 1. The molecule has 0 saturated carbocycles. The third-order valence-corrected chi connectivity index (χ3v) is 3.50. The van der Waals surface area contributed by atoms with Crippen molar-refractivity contribution in [3.05, 3.63) is 16.3 Å². The summed E-state index contributed by atoms with van der Waals surface area (Å²) in [5, 5.41) is 2.18. The number of rotatable bonds is 0. The topological polar surface area (TPSA) is 0 Å². The highest BCUT2D eigenvalue weighted by Gasteiger charge is 2.10. The Hall–Kier alpha value is 0.0500. The highest BCUT2D eigenvalue weighted by molar-refractivity contribution is 7.99. The lowest BCUT2D eigenvalue weighted by Gasteiger charge is -1.78. The van der Waals surface area contributed by atoms with Crippen molar-refractivity contribution in [3.63, 3.8) is 0 Å². The number of hydrogen-bond acceptors (Lipinski definition) is 2. The number of thiophene rings is 1. The lowest BCUT2D eigenvalue weighted by atomic mass is 10.4. The standard InChI is InChI=1S/C6H6S2/c1-3-7-6-2-4-8-5(1)6/h1,3H,2,4H2. The Labute approximate surface area is 56.9 Å². The van der Waals surface area contributed by atoms with Crippen molar-refractivity contribution >= 4 is 23.1 Å². The SMILES string of the molecule is c1cc2c(s1)CCS2. The first-order valence-corrected chi connectivity index (χ1v) is 4.52. The van der Waals surface area contributed by atoms with E-state index in [0.29, 0.717) is 0 Å². The van der Waals surface area contributed by atoms with Crippen LogP contribution in [0.25, 0.3) is 0 Å². The predicted molar refractivity (Wildman–Crippen MR) is 38.7 cm³/mol. The Balaban J connectivity index is 2.54. The highest BCUT2D eigenvalue weighted by Crippen LogP contribution is 2.34. The van der Waals surface area contributed by atoms with Gasteiger partial charge in [0.15, 0.2) is 0 Å². The van der Waals surface area contributed by atoms with Crippen LogP contribution in [0.5, 0.6) is 0 Å². The maximum atomic E-state index is 2.22. The number of aryl methyl sites for hydroxylation is 1. The second kappa shape index (κ2) is 1.78. The third-order valence-electron chi connectivity index (χ3n) is 1.29. The van der Waals surface area contributed by atoms with Crippen LogP contribution in [0, 0.1) is 0 Å². The van der Waals surface area contributed by atoms with Gasteiger partial charge in [0.2, 0.25) is 0 Å². The van der Waals surface area contributed by atoms with Crippen molar-refractivity contribution in [3.8, 4) is 0 Å². The van der Waals surface area contributed by atoms with Crippen LogP contribution in [0.4, 0.5) is 0 Å². The van der Waals surface area contributed by atoms with Crippen molar-refractivity contribution in [2.45, 2.75) is 11.3 Å². The molecule has 0 aromatic carbocycles. The Kier molecular flexibility index (Phi) is 1.09. The molecule has 0 aliphatic carbocycles. The largest absolute Gasteiger partial charge is 0.148 e. The van der Waals surface area contributed by atoms with Gasteiger partial charge in [0.05, 0.1) is 0 Å². The van der Waals surface area contributed by atoms with Gasteiger partial charge in [-0.05, 0) is 17.9 Å². The minimum atomic E-state index is 1.30. The zero-order valence-electron chi connectivity index (χ0n) is 4.39. The molecule has 0 N–H and O–H groups in total. The lowest BCUT2D eigenvalue weighted by molar-refractivity contribution is 1.21.